The topological polar surface area (TPSA) is 199 Å². The Morgan fingerprint density at radius 3 is 2.35 bits per heavy atom. The van der Waals surface area contributed by atoms with Crippen LogP contribution in [0.15, 0.2) is 104 Å². The largest absolute Gasteiger partial charge is 0.756 e. The molecule has 4 heterocycles. The first-order chi connectivity index (χ1) is 32.7. The molecule has 0 saturated carbocycles. The van der Waals surface area contributed by atoms with Crippen LogP contribution in [0, 0.1) is 19.7 Å². The third-order valence-corrected chi connectivity index (χ3v) is 13.4. The van der Waals surface area contributed by atoms with Gasteiger partial charge in [-0.05, 0) is 90.2 Å². The van der Waals surface area contributed by atoms with Crippen molar-refractivity contribution in [2.45, 2.75) is 33.0 Å². The van der Waals surface area contributed by atoms with Crippen molar-refractivity contribution in [1.82, 2.24) is 24.8 Å². The Balaban J connectivity index is 1.04. The Hall–Kier alpha value is -6.37. The minimum atomic E-state index is -4.80. The summed E-state index contributed by atoms with van der Waals surface area (Å²) in [4.78, 5) is 55.1. The summed E-state index contributed by atoms with van der Waals surface area (Å²) in [7, 11) is -1.33. The van der Waals surface area contributed by atoms with E-state index in [4.69, 9.17) is 28.8 Å². The average Bonchev–Trinajstić information content (AvgIpc) is 3.71. The van der Waals surface area contributed by atoms with Gasteiger partial charge in [0.1, 0.15) is 47.4 Å². The van der Waals surface area contributed by atoms with E-state index in [0.29, 0.717) is 93.9 Å². The smallest absolute Gasteiger partial charge is 0.345 e. The van der Waals surface area contributed by atoms with Crippen LogP contribution < -0.4 is 23.8 Å². The van der Waals surface area contributed by atoms with Gasteiger partial charge in [0.15, 0.2) is 12.6 Å². The van der Waals surface area contributed by atoms with E-state index < -0.39 is 19.9 Å². The van der Waals surface area contributed by atoms with Crippen LogP contribution in [0.1, 0.15) is 22.4 Å². The number of aryl methyl sites for hydroxylation is 2. The molecule has 1 unspecified atom stereocenters. The number of fused-ring (bicyclic) bond motifs is 1. The highest BCUT2D eigenvalue weighted by Gasteiger charge is 2.31. The highest BCUT2D eigenvalue weighted by Crippen LogP contribution is 2.49. The number of benzene rings is 4. The molecular weight excluding hydrogens is 915 g/mol. The number of carboxylic acid groups (broad SMARTS) is 1. The number of methoxy groups -OCH3 is 1. The Bertz CT molecular complexity index is 2940. The van der Waals surface area contributed by atoms with Crippen molar-refractivity contribution in [2.24, 2.45) is 0 Å². The van der Waals surface area contributed by atoms with Crippen molar-refractivity contribution in [1.29, 1.82) is 0 Å². The van der Waals surface area contributed by atoms with Crippen LogP contribution in [-0.2, 0) is 26.9 Å². The minimum Gasteiger partial charge on any atom is -0.756 e. The second kappa shape index (κ2) is 20.9. The van der Waals surface area contributed by atoms with E-state index in [-0.39, 0.29) is 31.5 Å². The lowest BCUT2D eigenvalue weighted by atomic mass is 9.92. The number of phosphoric ester groups is 1. The number of piperazine rings is 1. The van der Waals surface area contributed by atoms with Gasteiger partial charge in [-0.3, -0.25) is 14.0 Å². The predicted molar refractivity (Wildman–Crippen MR) is 252 cm³/mol. The SMILES string of the molecule is COc1ccccc1-c1nccc(COc2ccccc2C[C@@H](Oc2ncnc3sc(-c4ccc(F)cc4)c(-c4c(C)cc(OCCN5CC[N+](C)(COP(=O)([O-])O)CC5)cc4C)c23)C(=O)O)n1. The molecule has 0 radical (unpaired) electrons. The number of phosphoric acid groups is 1. The number of hydrogen-bond acceptors (Lipinski definition) is 14. The number of aliphatic carboxylic acids is 1. The van der Waals surface area contributed by atoms with Crippen molar-refractivity contribution in [2.75, 3.05) is 60.2 Å². The fourth-order valence-corrected chi connectivity index (χ4v) is 9.77. The van der Waals surface area contributed by atoms with Crippen LogP contribution in [0.3, 0.4) is 0 Å². The first-order valence-electron chi connectivity index (χ1n) is 21.7. The molecule has 3 aromatic heterocycles. The monoisotopic (exact) mass is 964 g/mol. The number of para-hydroxylation sites is 2. The standard InChI is InChI=1S/C49H50FN6O10PS/c1-31-25-37(63-24-21-55-19-22-56(3,23-20-55)30-65-67(59,60)61)26-32(2)42(31)43-44-47(52-29-53-48(44)68-45(43)33-13-15-35(50)16-14-33)66-41(49(57)58)27-34-9-5-7-11-39(34)64-28-36-17-18-51-46(54-36)38-10-6-8-12-40(38)62-4/h5-18,25-26,29,41H,19-24,27-28,30H2,1-4H3,(H2-,57,58,59,60,61)/t41-/m1/s1. The molecule has 19 heteroatoms. The fraction of sp³-hybridized carbons (Fsp3) is 0.286. The second-order valence-electron chi connectivity index (χ2n) is 16.7. The summed E-state index contributed by atoms with van der Waals surface area (Å²) < 4.78 is 55.0. The maximum atomic E-state index is 14.3. The summed E-state index contributed by atoms with van der Waals surface area (Å²) in [5.74, 6) is 0.698. The third-order valence-electron chi connectivity index (χ3n) is 11.8. The molecule has 1 aliphatic rings. The number of ether oxygens (including phenoxy) is 4. The lowest BCUT2D eigenvalue weighted by molar-refractivity contribution is -0.929. The van der Waals surface area contributed by atoms with Gasteiger partial charge in [0.2, 0.25) is 12.0 Å². The highest BCUT2D eigenvalue weighted by atomic mass is 32.1. The van der Waals surface area contributed by atoms with Crippen LogP contribution in [-0.4, -0.2) is 112 Å². The van der Waals surface area contributed by atoms with E-state index in [1.807, 2.05) is 57.3 Å². The lowest BCUT2D eigenvalue weighted by Gasteiger charge is -2.41. The third kappa shape index (κ3) is 11.5. The molecule has 7 aromatic rings. The summed E-state index contributed by atoms with van der Waals surface area (Å²) in [6, 6.07) is 26.4. The number of quaternary nitrogens is 1. The number of halogens is 1. The van der Waals surface area contributed by atoms with Crippen molar-refractivity contribution in [3.63, 3.8) is 0 Å². The fourth-order valence-electron chi connectivity index (χ4n) is 8.20. The van der Waals surface area contributed by atoms with Crippen molar-refractivity contribution >= 4 is 35.3 Å². The van der Waals surface area contributed by atoms with Crippen molar-refractivity contribution in [3.8, 4) is 56.1 Å². The molecule has 1 saturated heterocycles. The number of likely N-dealkylation sites (N-methyl/N-ethyl adjacent to an activating group) is 1. The number of thiophene rings is 1. The summed E-state index contributed by atoms with van der Waals surface area (Å²) in [6.07, 6.45) is 1.53. The van der Waals surface area contributed by atoms with E-state index in [9.17, 15) is 23.7 Å². The second-order valence-corrected chi connectivity index (χ2v) is 18.9. The van der Waals surface area contributed by atoms with Crippen molar-refractivity contribution < 1.29 is 56.6 Å². The van der Waals surface area contributed by atoms with Gasteiger partial charge in [-0.25, -0.2) is 29.1 Å². The molecule has 4 aromatic carbocycles. The van der Waals surface area contributed by atoms with E-state index in [1.165, 1.54) is 29.8 Å². The molecule has 8 rings (SSSR count). The van der Waals surface area contributed by atoms with Crippen LogP contribution in [0.2, 0.25) is 0 Å². The molecule has 0 aliphatic carbocycles. The van der Waals surface area contributed by atoms with Crippen LogP contribution >= 0.6 is 19.2 Å². The van der Waals surface area contributed by atoms with Gasteiger partial charge >= 0.3 is 5.97 Å². The minimum absolute atomic E-state index is 0.0692. The first-order valence-corrected chi connectivity index (χ1v) is 24.1. The summed E-state index contributed by atoms with van der Waals surface area (Å²) in [5, 5.41) is 11.2. The molecule has 354 valence electrons. The maximum absolute atomic E-state index is 14.3. The average molecular weight is 965 g/mol. The summed E-state index contributed by atoms with van der Waals surface area (Å²) in [5.41, 5.74) is 5.94. The number of rotatable bonds is 19. The van der Waals surface area contributed by atoms with E-state index in [2.05, 4.69) is 24.4 Å². The number of carbonyl (C=O) groups is 1. The molecule has 68 heavy (non-hydrogen) atoms. The molecule has 0 amide bonds. The lowest BCUT2D eigenvalue weighted by Crippen LogP contribution is -2.58. The van der Waals surface area contributed by atoms with Crippen LogP contribution in [0.4, 0.5) is 4.39 Å². The Morgan fingerprint density at radius 1 is 0.941 bits per heavy atom. The number of carboxylic acids is 1. The van der Waals surface area contributed by atoms with Gasteiger partial charge in [0.25, 0.3) is 7.82 Å². The molecule has 0 bridgehead atoms. The van der Waals surface area contributed by atoms with E-state index in [0.717, 1.165) is 32.7 Å². The molecule has 1 fully saturated rings. The van der Waals surface area contributed by atoms with Gasteiger partial charge in [0, 0.05) is 42.7 Å². The van der Waals surface area contributed by atoms with Crippen LogP contribution in [0.25, 0.3) is 43.2 Å². The zero-order valence-corrected chi connectivity index (χ0v) is 39.5. The zero-order chi connectivity index (χ0) is 48.0. The van der Waals surface area contributed by atoms with Gasteiger partial charge < -0.3 is 38.3 Å². The van der Waals surface area contributed by atoms with Gasteiger partial charge in [-0.2, -0.15) is 0 Å². The van der Waals surface area contributed by atoms with E-state index >= 15 is 0 Å². The van der Waals surface area contributed by atoms with E-state index in [1.54, 1.807) is 55.8 Å². The quantitative estimate of drug-likeness (QED) is 0.0597. The molecule has 16 nitrogen and oxygen atoms in total. The predicted octanol–water partition coefficient (Wildman–Crippen LogP) is 7.48. The Kier molecular flexibility index (Phi) is 14.8. The molecule has 2 atom stereocenters. The van der Waals surface area contributed by atoms with Gasteiger partial charge in [0.05, 0.1) is 43.9 Å². The van der Waals surface area contributed by atoms with Crippen LogP contribution in [0.5, 0.6) is 23.1 Å². The maximum Gasteiger partial charge on any atom is 0.345 e. The number of hydrogen-bond donors (Lipinski definition) is 2. The zero-order valence-electron chi connectivity index (χ0n) is 37.8. The molecule has 2 N–H and O–H groups in total. The van der Waals surface area contributed by atoms with Gasteiger partial charge in [-0.1, -0.05) is 42.5 Å². The molecule has 0 spiro atoms. The summed E-state index contributed by atoms with van der Waals surface area (Å²) in [6.45, 7) is 7.59. The molecule has 1 aliphatic heterocycles. The highest BCUT2D eigenvalue weighted by molar-refractivity contribution is 7.44. The first kappa shape index (κ1) is 48.1. The van der Waals surface area contributed by atoms with Crippen molar-refractivity contribution in [3.05, 3.63) is 132 Å². The number of aromatic nitrogens is 4. The Labute approximate surface area is 396 Å². The molecular formula is C49H50FN6O10PS. The van der Waals surface area contributed by atoms with Gasteiger partial charge in [-0.15, -0.1) is 11.3 Å². The Morgan fingerprint density at radius 2 is 1.65 bits per heavy atom. The number of nitrogens with zero attached hydrogens (tertiary/aromatic N) is 6. The summed E-state index contributed by atoms with van der Waals surface area (Å²) >= 11 is 1.37. The normalized spacial score (nSPS) is 15.1.